The second-order valence-electron chi connectivity index (χ2n) is 8.81. The van der Waals surface area contributed by atoms with E-state index >= 15 is 0 Å². The van der Waals surface area contributed by atoms with Gasteiger partial charge < -0.3 is 10.1 Å². The lowest BCUT2D eigenvalue weighted by molar-refractivity contribution is 0.0526. The summed E-state index contributed by atoms with van der Waals surface area (Å²) in [6.07, 6.45) is 5.19. The van der Waals surface area contributed by atoms with Crippen molar-refractivity contribution in [1.29, 1.82) is 0 Å². The van der Waals surface area contributed by atoms with Crippen LogP contribution in [0.25, 0.3) is 0 Å². The van der Waals surface area contributed by atoms with Crippen LogP contribution in [0.15, 0.2) is 36.7 Å². The van der Waals surface area contributed by atoms with Gasteiger partial charge in [0.1, 0.15) is 5.60 Å². The zero-order chi connectivity index (χ0) is 22.1. The third kappa shape index (κ3) is 8.11. The van der Waals surface area contributed by atoms with E-state index in [2.05, 4.69) is 53.1 Å². The first-order valence-corrected chi connectivity index (χ1v) is 10.7. The molecule has 0 aromatic carbocycles. The van der Waals surface area contributed by atoms with Crippen molar-refractivity contribution in [2.24, 2.45) is 0 Å². The number of pyridine rings is 2. The molecule has 164 valence electrons. The molecule has 2 aromatic heterocycles. The van der Waals surface area contributed by atoms with Gasteiger partial charge in [0.05, 0.1) is 11.4 Å². The van der Waals surface area contributed by atoms with Crippen molar-refractivity contribution in [3.8, 4) is 0 Å². The SMILES string of the molecule is Cc1ccnc(C(C)N(CCCCNC(=O)OC(C)(C)C)Cc2ncccc2C)c1. The van der Waals surface area contributed by atoms with Crippen molar-refractivity contribution in [3.05, 3.63) is 59.2 Å². The minimum Gasteiger partial charge on any atom is -0.444 e. The first-order chi connectivity index (χ1) is 14.2. The molecule has 1 unspecified atom stereocenters. The van der Waals surface area contributed by atoms with Gasteiger partial charge in [-0.2, -0.15) is 0 Å². The fourth-order valence-electron chi connectivity index (χ4n) is 3.21. The second kappa shape index (κ2) is 11.1. The molecule has 1 amide bonds. The van der Waals surface area contributed by atoms with E-state index in [-0.39, 0.29) is 12.1 Å². The monoisotopic (exact) mass is 412 g/mol. The predicted octanol–water partition coefficient (Wildman–Crippen LogP) is 4.96. The summed E-state index contributed by atoms with van der Waals surface area (Å²) in [5.74, 6) is 0. The van der Waals surface area contributed by atoms with Crippen LogP contribution in [0.5, 0.6) is 0 Å². The Hall–Kier alpha value is -2.47. The first-order valence-electron chi connectivity index (χ1n) is 10.7. The number of alkyl carbamates (subject to hydrolysis) is 1. The third-order valence-corrected chi connectivity index (χ3v) is 4.92. The van der Waals surface area contributed by atoms with Crippen molar-refractivity contribution < 1.29 is 9.53 Å². The van der Waals surface area contributed by atoms with Gasteiger partial charge in [-0.15, -0.1) is 0 Å². The minimum absolute atomic E-state index is 0.171. The largest absolute Gasteiger partial charge is 0.444 e. The molecule has 0 aliphatic carbocycles. The zero-order valence-corrected chi connectivity index (χ0v) is 19.2. The number of rotatable bonds is 9. The van der Waals surface area contributed by atoms with E-state index in [1.165, 1.54) is 11.1 Å². The predicted molar refractivity (Wildman–Crippen MR) is 120 cm³/mol. The van der Waals surface area contributed by atoms with Crippen LogP contribution >= 0.6 is 0 Å². The molecule has 1 N–H and O–H groups in total. The molecular weight excluding hydrogens is 376 g/mol. The van der Waals surface area contributed by atoms with E-state index in [1.807, 2.05) is 45.3 Å². The van der Waals surface area contributed by atoms with Crippen molar-refractivity contribution in [1.82, 2.24) is 20.2 Å². The standard InChI is InChI=1S/C24H36N4O2/c1-18-11-14-26-21(16-18)20(3)28(17-22-19(2)10-9-13-25-22)15-8-7-12-27-23(29)30-24(4,5)6/h9-11,13-14,16,20H,7-8,12,15,17H2,1-6H3,(H,27,29). The number of aromatic nitrogens is 2. The van der Waals surface area contributed by atoms with Gasteiger partial charge in [0.15, 0.2) is 0 Å². The van der Waals surface area contributed by atoms with E-state index in [1.54, 1.807) is 0 Å². The Morgan fingerprint density at radius 3 is 2.60 bits per heavy atom. The Morgan fingerprint density at radius 1 is 1.17 bits per heavy atom. The lowest BCUT2D eigenvalue weighted by atomic mass is 10.1. The molecule has 0 aliphatic heterocycles. The molecule has 0 radical (unpaired) electrons. The molecule has 0 fully saturated rings. The number of carbonyl (C=O) groups excluding carboxylic acids is 1. The maximum atomic E-state index is 11.8. The molecule has 0 spiro atoms. The average molecular weight is 413 g/mol. The summed E-state index contributed by atoms with van der Waals surface area (Å²) in [6, 6.07) is 8.40. The van der Waals surface area contributed by atoms with Crippen molar-refractivity contribution in [2.75, 3.05) is 13.1 Å². The number of amides is 1. The number of hydrogen-bond acceptors (Lipinski definition) is 5. The van der Waals surface area contributed by atoms with Crippen LogP contribution in [0.1, 0.15) is 69.1 Å². The first kappa shape index (κ1) is 23.8. The van der Waals surface area contributed by atoms with Gasteiger partial charge in [-0.1, -0.05) is 6.07 Å². The number of carbonyl (C=O) groups is 1. The van der Waals surface area contributed by atoms with Crippen LogP contribution in [-0.4, -0.2) is 39.7 Å². The number of nitrogens with one attached hydrogen (secondary N) is 1. The van der Waals surface area contributed by atoms with Gasteiger partial charge in [0.25, 0.3) is 0 Å². The molecule has 2 heterocycles. The highest BCUT2D eigenvalue weighted by Gasteiger charge is 2.19. The number of nitrogens with zero attached hydrogens (tertiary/aromatic N) is 3. The summed E-state index contributed by atoms with van der Waals surface area (Å²) in [4.78, 5) is 23.4. The Balaban J connectivity index is 1.96. The quantitative estimate of drug-likeness (QED) is 0.590. The molecule has 0 saturated carbocycles. The molecule has 6 nitrogen and oxygen atoms in total. The molecule has 2 rings (SSSR count). The highest BCUT2D eigenvalue weighted by atomic mass is 16.6. The highest BCUT2D eigenvalue weighted by Crippen LogP contribution is 2.22. The second-order valence-corrected chi connectivity index (χ2v) is 8.81. The number of hydrogen-bond donors (Lipinski definition) is 1. The van der Waals surface area contributed by atoms with Crippen molar-refractivity contribution >= 4 is 6.09 Å². The van der Waals surface area contributed by atoms with E-state index in [0.717, 1.165) is 37.3 Å². The Kier molecular flexibility index (Phi) is 8.78. The topological polar surface area (TPSA) is 67.4 Å². The van der Waals surface area contributed by atoms with Gasteiger partial charge in [0, 0.05) is 31.5 Å². The summed E-state index contributed by atoms with van der Waals surface area (Å²) in [6.45, 7) is 14.2. The third-order valence-electron chi connectivity index (χ3n) is 4.92. The summed E-state index contributed by atoms with van der Waals surface area (Å²) < 4.78 is 5.29. The average Bonchev–Trinajstić information content (AvgIpc) is 2.66. The Morgan fingerprint density at radius 2 is 1.93 bits per heavy atom. The molecule has 30 heavy (non-hydrogen) atoms. The fraction of sp³-hybridized carbons (Fsp3) is 0.542. The van der Waals surface area contributed by atoms with Gasteiger partial charge in [-0.05, 0) is 90.3 Å². The number of ether oxygens (including phenoxy) is 1. The number of unbranched alkanes of at least 4 members (excludes halogenated alkanes) is 1. The van der Waals surface area contributed by atoms with Crippen LogP contribution in [0, 0.1) is 13.8 Å². The maximum absolute atomic E-state index is 11.8. The summed E-state index contributed by atoms with van der Waals surface area (Å²) in [5, 5.41) is 2.84. The molecule has 0 aliphatic rings. The van der Waals surface area contributed by atoms with Crippen LogP contribution in [0.4, 0.5) is 4.79 Å². The van der Waals surface area contributed by atoms with E-state index in [0.29, 0.717) is 6.54 Å². The molecule has 0 saturated heterocycles. The van der Waals surface area contributed by atoms with E-state index in [9.17, 15) is 4.79 Å². The van der Waals surface area contributed by atoms with Gasteiger partial charge in [-0.25, -0.2) is 4.79 Å². The molecule has 6 heteroatoms. The lowest BCUT2D eigenvalue weighted by Gasteiger charge is -2.29. The maximum Gasteiger partial charge on any atom is 0.407 e. The Labute approximate surface area is 181 Å². The van der Waals surface area contributed by atoms with Gasteiger partial charge >= 0.3 is 6.09 Å². The summed E-state index contributed by atoms with van der Waals surface area (Å²) in [5.41, 5.74) is 4.08. The van der Waals surface area contributed by atoms with Crippen LogP contribution in [-0.2, 0) is 11.3 Å². The van der Waals surface area contributed by atoms with E-state index < -0.39 is 5.60 Å². The summed E-state index contributed by atoms with van der Waals surface area (Å²) in [7, 11) is 0. The lowest BCUT2D eigenvalue weighted by Crippen LogP contribution is -2.33. The molecule has 1 atom stereocenters. The fourth-order valence-corrected chi connectivity index (χ4v) is 3.21. The van der Waals surface area contributed by atoms with Crippen LogP contribution < -0.4 is 5.32 Å². The molecular formula is C24H36N4O2. The Bertz CT molecular complexity index is 817. The van der Waals surface area contributed by atoms with Crippen molar-refractivity contribution in [3.63, 3.8) is 0 Å². The molecule has 2 aromatic rings. The minimum atomic E-state index is -0.475. The smallest absolute Gasteiger partial charge is 0.407 e. The summed E-state index contributed by atoms with van der Waals surface area (Å²) >= 11 is 0. The number of aryl methyl sites for hydroxylation is 2. The van der Waals surface area contributed by atoms with Crippen LogP contribution in [0.2, 0.25) is 0 Å². The normalized spacial score (nSPS) is 12.6. The zero-order valence-electron chi connectivity index (χ0n) is 19.2. The van der Waals surface area contributed by atoms with E-state index in [4.69, 9.17) is 4.74 Å². The van der Waals surface area contributed by atoms with Gasteiger partial charge in [0.2, 0.25) is 0 Å². The van der Waals surface area contributed by atoms with Gasteiger partial charge in [-0.3, -0.25) is 14.9 Å². The van der Waals surface area contributed by atoms with Crippen molar-refractivity contribution in [2.45, 2.75) is 72.6 Å². The molecule has 0 bridgehead atoms. The highest BCUT2D eigenvalue weighted by molar-refractivity contribution is 5.67. The van der Waals surface area contributed by atoms with Crippen LogP contribution in [0.3, 0.4) is 0 Å².